The van der Waals surface area contributed by atoms with E-state index in [0.717, 1.165) is 40.4 Å². The third-order valence-electron chi connectivity index (χ3n) is 4.11. The number of fused-ring (bicyclic) bond motifs is 3. The molecule has 1 N–H and O–H groups in total. The number of aromatic nitrogens is 2. The van der Waals surface area contributed by atoms with Crippen LogP contribution in [-0.2, 0) is 12.8 Å². The van der Waals surface area contributed by atoms with E-state index in [1.54, 1.807) is 17.4 Å². The first-order valence-corrected chi connectivity index (χ1v) is 9.20. The van der Waals surface area contributed by atoms with Crippen molar-refractivity contribution in [2.24, 2.45) is 0 Å². The van der Waals surface area contributed by atoms with Crippen LogP contribution in [0, 0.1) is 6.92 Å². The van der Waals surface area contributed by atoms with Crippen LogP contribution >= 0.6 is 34.5 Å². The second-order valence-corrected chi connectivity index (χ2v) is 7.69. The number of halogens is 2. The number of aryl methyl sites for hydroxylation is 3. The van der Waals surface area contributed by atoms with Crippen molar-refractivity contribution >= 4 is 56.3 Å². The van der Waals surface area contributed by atoms with Crippen LogP contribution in [0.5, 0.6) is 0 Å². The summed E-state index contributed by atoms with van der Waals surface area (Å²) in [5.74, 6) is 1.61. The van der Waals surface area contributed by atoms with Crippen molar-refractivity contribution < 1.29 is 0 Å². The molecule has 118 valence electrons. The lowest BCUT2D eigenvalue weighted by Crippen LogP contribution is -2.02. The quantitative estimate of drug-likeness (QED) is 0.612. The second-order valence-electron chi connectivity index (χ2n) is 5.76. The molecule has 0 atom stereocenters. The molecule has 1 aliphatic rings. The Kier molecular flexibility index (Phi) is 3.92. The van der Waals surface area contributed by atoms with Crippen LogP contribution in [0.25, 0.3) is 10.2 Å². The Balaban J connectivity index is 1.87. The Morgan fingerprint density at radius 1 is 1.13 bits per heavy atom. The van der Waals surface area contributed by atoms with Gasteiger partial charge in [0, 0.05) is 9.90 Å². The van der Waals surface area contributed by atoms with Gasteiger partial charge in [-0.15, -0.1) is 11.3 Å². The smallest absolute Gasteiger partial charge is 0.143 e. The van der Waals surface area contributed by atoms with Crippen LogP contribution < -0.4 is 5.32 Å². The van der Waals surface area contributed by atoms with Gasteiger partial charge in [-0.25, -0.2) is 9.97 Å². The van der Waals surface area contributed by atoms with Gasteiger partial charge < -0.3 is 5.32 Å². The number of nitrogens with one attached hydrogen (secondary N) is 1. The van der Waals surface area contributed by atoms with E-state index in [2.05, 4.69) is 15.3 Å². The zero-order chi connectivity index (χ0) is 16.0. The van der Waals surface area contributed by atoms with Gasteiger partial charge in [0.05, 0.1) is 16.1 Å². The zero-order valence-electron chi connectivity index (χ0n) is 12.6. The highest BCUT2D eigenvalue weighted by molar-refractivity contribution is 7.19. The predicted molar refractivity (Wildman–Crippen MR) is 98.5 cm³/mol. The molecule has 0 fully saturated rings. The fourth-order valence-electron chi connectivity index (χ4n) is 3.07. The highest BCUT2D eigenvalue weighted by Gasteiger charge is 2.21. The minimum absolute atomic E-state index is 0.589. The predicted octanol–water partition coefficient (Wildman–Crippen LogP) is 5.93. The molecule has 3 aromatic rings. The average Bonchev–Trinajstić information content (AvgIpc) is 2.88. The van der Waals surface area contributed by atoms with E-state index in [-0.39, 0.29) is 0 Å². The molecule has 23 heavy (non-hydrogen) atoms. The third-order valence-corrected chi connectivity index (χ3v) is 5.84. The lowest BCUT2D eigenvalue weighted by atomic mass is 9.97. The third kappa shape index (κ3) is 2.80. The van der Waals surface area contributed by atoms with Gasteiger partial charge in [-0.05, 0) is 56.4 Å². The van der Waals surface area contributed by atoms with Crippen LogP contribution in [0.4, 0.5) is 11.5 Å². The number of thiophene rings is 1. The number of hydrogen-bond acceptors (Lipinski definition) is 4. The van der Waals surface area contributed by atoms with Crippen LogP contribution in [-0.4, -0.2) is 9.97 Å². The van der Waals surface area contributed by atoms with E-state index >= 15 is 0 Å². The standard InChI is InChI=1S/C17H15Cl2N3S/c1-9-20-16(22-13-7-6-10(18)8-12(13)19)15-11-4-2-3-5-14(11)23-17(15)21-9/h6-8H,2-5H2,1H3,(H,20,21,22). The Morgan fingerprint density at radius 3 is 2.78 bits per heavy atom. The average molecular weight is 364 g/mol. The summed E-state index contributed by atoms with van der Waals surface area (Å²) < 4.78 is 0. The molecular weight excluding hydrogens is 349 g/mol. The summed E-state index contributed by atoms with van der Waals surface area (Å²) in [6.45, 7) is 1.92. The van der Waals surface area contributed by atoms with Crippen LogP contribution in [0.15, 0.2) is 18.2 Å². The number of rotatable bonds is 2. The van der Waals surface area contributed by atoms with E-state index in [4.69, 9.17) is 23.2 Å². The fraction of sp³-hybridized carbons (Fsp3) is 0.294. The van der Waals surface area contributed by atoms with Crippen molar-refractivity contribution in [2.45, 2.75) is 32.6 Å². The number of hydrogen-bond donors (Lipinski definition) is 1. The SMILES string of the molecule is Cc1nc(Nc2ccc(Cl)cc2Cl)c2c3c(sc2n1)CCCC3. The van der Waals surface area contributed by atoms with Crippen LogP contribution in [0.3, 0.4) is 0 Å². The number of nitrogens with zero attached hydrogens (tertiary/aromatic N) is 2. The second kappa shape index (κ2) is 5.93. The van der Waals surface area contributed by atoms with Gasteiger partial charge in [0.25, 0.3) is 0 Å². The van der Waals surface area contributed by atoms with Gasteiger partial charge in [0.2, 0.25) is 0 Å². The first-order chi connectivity index (χ1) is 11.1. The molecular formula is C17H15Cl2N3S. The monoisotopic (exact) mass is 363 g/mol. The number of benzene rings is 1. The molecule has 4 rings (SSSR count). The van der Waals surface area contributed by atoms with E-state index in [1.807, 2.05) is 19.1 Å². The highest BCUT2D eigenvalue weighted by Crippen LogP contribution is 2.40. The molecule has 1 aromatic carbocycles. The van der Waals surface area contributed by atoms with Gasteiger partial charge in [0.1, 0.15) is 16.5 Å². The fourth-order valence-corrected chi connectivity index (χ4v) is 4.84. The summed E-state index contributed by atoms with van der Waals surface area (Å²) in [5.41, 5.74) is 2.22. The summed E-state index contributed by atoms with van der Waals surface area (Å²) in [6.07, 6.45) is 4.74. The largest absolute Gasteiger partial charge is 0.338 e. The van der Waals surface area contributed by atoms with Gasteiger partial charge in [-0.1, -0.05) is 23.2 Å². The molecule has 6 heteroatoms. The molecule has 0 spiro atoms. The van der Waals surface area contributed by atoms with E-state index < -0.39 is 0 Å². The van der Waals surface area contributed by atoms with E-state index in [1.165, 1.54) is 23.3 Å². The highest BCUT2D eigenvalue weighted by atomic mass is 35.5. The summed E-state index contributed by atoms with van der Waals surface area (Å²) in [6, 6.07) is 5.44. The lowest BCUT2D eigenvalue weighted by Gasteiger charge is -2.13. The number of anilines is 2. The normalized spacial score (nSPS) is 14.0. The van der Waals surface area contributed by atoms with Gasteiger partial charge in [0.15, 0.2) is 0 Å². The van der Waals surface area contributed by atoms with Crippen molar-refractivity contribution in [3.8, 4) is 0 Å². The summed E-state index contributed by atoms with van der Waals surface area (Å²) >= 11 is 14.1. The van der Waals surface area contributed by atoms with Gasteiger partial charge in [-0.3, -0.25) is 0 Å². The summed E-state index contributed by atoms with van der Waals surface area (Å²) in [7, 11) is 0. The van der Waals surface area contributed by atoms with Crippen LogP contribution in [0.2, 0.25) is 10.0 Å². The van der Waals surface area contributed by atoms with Crippen molar-refractivity contribution in [2.75, 3.05) is 5.32 Å². The summed E-state index contributed by atoms with van der Waals surface area (Å²) in [4.78, 5) is 11.8. The molecule has 1 aliphatic carbocycles. The Labute approximate surface area is 148 Å². The lowest BCUT2D eigenvalue weighted by molar-refractivity contribution is 0.700. The zero-order valence-corrected chi connectivity index (χ0v) is 14.9. The molecule has 0 saturated heterocycles. The van der Waals surface area contributed by atoms with Crippen molar-refractivity contribution in [3.05, 3.63) is 44.5 Å². The van der Waals surface area contributed by atoms with Crippen molar-refractivity contribution in [1.29, 1.82) is 0 Å². The van der Waals surface area contributed by atoms with Crippen LogP contribution in [0.1, 0.15) is 29.1 Å². The van der Waals surface area contributed by atoms with Gasteiger partial charge in [-0.2, -0.15) is 0 Å². The Hall–Kier alpha value is -1.36. The van der Waals surface area contributed by atoms with Gasteiger partial charge >= 0.3 is 0 Å². The molecule has 2 aromatic heterocycles. The molecule has 0 amide bonds. The molecule has 3 nitrogen and oxygen atoms in total. The first-order valence-electron chi connectivity index (χ1n) is 7.63. The maximum Gasteiger partial charge on any atom is 0.143 e. The molecule has 0 radical (unpaired) electrons. The van der Waals surface area contributed by atoms with E-state index in [0.29, 0.717) is 10.0 Å². The maximum atomic E-state index is 6.30. The molecule has 0 unspecified atom stereocenters. The molecule has 0 bridgehead atoms. The molecule has 2 heterocycles. The Morgan fingerprint density at radius 2 is 1.96 bits per heavy atom. The minimum Gasteiger partial charge on any atom is -0.338 e. The topological polar surface area (TPSA) is 37.8 Å². The molecule has 0 aliphatic heterocycles. The first kappa shape index (κ1) is 15.2. The Bertz CT molecular complexity index is 904. The summed E-state index contributed by atoms with van der Waals surface area (Å²) in [5, 5.41) is 5.75. The molecule has 0 saturated carbocycles. The van der Waals surface area contributed by atoms with Crippen molar-refractivity contribution in [3.63, 3.8) is 0 Å². The maximum absolute atomic E-state index is 6.30. The van der Waals surface area contributed by atoms with E-state index in [9.17, 15) is 0 Å². The minimum atomic E-state index is 0.589. The van der Waals surface area contributed by atoms with Crippen molar-refractivity contribution in [1.82, 2.24) is 9.97 Å².